The molecule has 0 aliphatic heterocycles. The van der Waals surface area contributed by atoms with Crippen molar-refractivity contribution >= 4 is 9.84 Å². The predicted octanol–water partition coefficient (Wildman–Crippen LogP) is 2.46. The minimum atomic E-state index is -4.36. The molecule has 0 saturated carbocycles. The van der Waals surface area contributed by atoms with E-state index in [-0.39, 0.29) is 33.7 Å². The molecule has 14 heteroatoms. The van der Waals surface area contributed by atoms with Crippen molar-refractivity contribution in [3.63, 3.8) is 0 Å². The van der Waals surface area contributed by atoms with Gasteiger partial charge in [-0.3, -0.25) is 0 Å². The Morgan fingerprint density at radius 3 is 2.35 bits per heavy atom. The molecule has 3 rings (SSSR count). The number of halogens is 4. The minimum Gasteiger partial charge on any atom is -0.470 e. The lowest BCUT2D eigenvalue weighted by atomic mass is 10.2. The van der Waals surface area contributed by atoms with Gasteiger partial charge in [0, 0.05) is 18.5 Å². The molecule has 164 valence electrons. The average Bonchev–Trinajstić information content (AvgIpc) is 2.78. The number of hydrogen-bond acceptors (Lipinski definition) is 9. The summed E-state index contributed by atoms with van der Waals surface area (Å²) in [5.74, 6) is -4.91. The zero-order valence-corrected chi connectivity index (χ0v) is 16.6. The van der Waals surface area contributed by atoms with Crippen molar-refractivity contribution in [2.24, 2.45) is 0 Å². The standard InChI is InChI=1S/C17H14F4N6O3S/c1-2-31(28,29)11-8-24-15(14-22-6-3-7-23-14)25-13(11)10-4-5-12(27-26-10)30-9-17(20,21)16(18)19/h3-8,16H,2,9H2,1H3. The van der Waals surface area contributed by atoms with Gasteiger partial charge in [-0.15, -0.1) is 10.2 Å². The van der Waals surface area contributed by atoms with E-state index in [1.165, 1.54) is 25.4 Å². The first-order valence-corrected chi connectivity index (χ1v) is 10.3. The first kappa shape index (κ1) is 22.4. The van der Waals surface area contributed by atoms with E-state index in [2.05, 4.69) is 34.9 Å². The van der Waals surface area contributed by atoms with E-state index in [0.29, 0.717) is 0 Å². The SMILES string of the molecule is CCS(=O)(=O)c1cnc(-c2ncccn2)nc1-c1ccc(OCC(F)(F)C(F)F)nn1. The first-order chi connectivity index (χ1) is 14.6. The summed E-state index contributed by atoms with van der Waals surface area (Å²) < 4.78 is 79.9. The number of aromatic nitrogens is 6. The van der Waals surface area contributed by atoms with E-state index in [1.807, 2.05) is 0 Å². The molecule has 0 amide bonds. The number of nitrogens with zero attached hydrogens (tertiary/aromatic N) is 6. The molecule has 0 aliphatic carbocycles. The molecule has 3 heterocycles. The van der Waals surface area contributed by atoms with E-state index in [4.69, 9.17) is 0 Å². The van der Waals surface area contributed by atoms with Gasteiger partial charge >= 0.3 is 12.3 Å². The van der Waals surface area contributed by atoms with E-state index in [1.54, 1.807) is 6.07 Å². The Morgan fingerprint density at radius 2 is 1.77 bits per heavy atom. The van der Waals surface area contributed by atoms with Gasteiger partial charge in [0.15, 0.2) is 28.1 Å². The van der Waals surface area contributed by atoms with E-state index in [0.717, 1.165) is 12.3 Å². The van der Waals surface area contributed by atoms with Gasteiger partial charge in [0.05, 0.1) is 11.9 Å². The molecule has 0 saturated heterocycles. The lowest BCUT2D eigenvalue weighted by Crippen LogP contribution is -2.33. The maximum atomic E-state index is 13.0. The summed E-state index contributed by atoms with van der Waals surface area (Å²) in [5.41, 5.74) is -0.157. The van der Waals surface area contributed by atoms with Crippen molar-refractivity contribution in [1.82, 2.24) is 30.1 Å². The van der Waals surface area contributed by atoms with Gasteiger partial charge in [-0.2, -0.15) is 8.78 Å². The Morgan fingerprint density at radius 1 is 1.06 bits per heavy atom. The van der Waals surface area contributed by atoms with Crippen LogP contribution in [-0.4, -0.2) is 63.3 Å². The lowest BCUT2D eigenvalue weighted by molar-refractivity contribution is -0.148. The van der Waals surface area contributed by atoms with Crippen LogP contribution >= 0.6 is 0 Å². The van der Waals surface area contributed by atoms with Gasteiger partial charge in [0.2, 0.25) is 5.88 Å². The van der Waals surface area contributed by atoms with Gasteiger partial charge in [-0.25, -0.2) is 37.1 Å². The average molecular weight is 458 g/mol. The van der Waals surface area contributed by atoms with Crippen LogP contribution in [0.3, 0.4) is 0 Å². The Bertz CT molecular complexity index is 1150. The summed E-state index contributed by atoms with van der Waals surface area (Å²) in [6, 6.07) is 3.85. The molecule has 3 aromatic rings. The van der Waals surface area contributed by atoms with Crippen molar-refractivity contribution in [1.29, 1.82) is 0 Å². The molecule has 0 spiro atoms. The predicted molar refractivity (Wildman–Crippen MR) is 98.3 cm³/mol. The van der Waals surface area contributed by atoms with Crippen LogP contribution in [0, 0.1) is 0 Å². The van der Waals surface area contributed by atoms with Crippen LogP contribution in [0.2, 0.25) is 0 Å². The minimum absolute atomic E-state index is 0.0179. The Kier molecular flexibility index (Phi) is 6.38. The second-order valence-electron chi connectivity index (χ2n) is 5.99. The molecule has 0 fully saturated rings. The third kappa shape index (κ3) is 5.07. The second kappa shape index (κ2) is 8.83. The summed E-state index contributed by atoms with van der Waals surface area (Å²) in [7, 11) is -3.77. The molecular weight excluding hydrogens is 444 g/mol. The van der Waals surface area contributed by atoms with Crippen molar-refractivity contribution in [3.05, 3.63) is 36.8 Å². The summed E-state index contributed by atoms with van der Waals surface area (Å²) in [4.78, 5) is 15.9. The quantitative estimate of drug-likeness (QED) is 0.469. The third-order valence-electron chi connectivity index (χ3n) is 3.85. The van der Waals surface area contributed by atoms with Gasteiger partial charge in [0.25, 0.3) is 0 Å². The van der Waals surface area contributed by atoms with Crippen molar-refractivity contribution in [3.8, 4) is 28.9 Å². The molecule has 0 radical (unpaired) electrons. The number of rotatable bonds is 8. The van der Waals surface area contributed by atoms with Crippen LogP contribution in [0.5, 0.6) is 5.88 Å². The monoisotopic (exact) mass is 458 g/mol. The van der Waals surface area contributed by atoms with Crippen LogP contribution in [0.1, 0.15) is 6.92 Å². The molecule has 3 aromatic heterocycles. The molecular formula is C17H14F4N6O3S. The highest BCUT2D eigenvalue weighted by atomic mass is 32.2. The van der Waals surface area contributed by atoms with Gasteiger partial charge in [0.1, 0.15) is 16.3 Å². The fraction of sp³-hybridized carbons (Fsp3) is 0.294. The number of alkyl halides is 4. The largest absolute Gasteiger partial charge is 0.470 e. The van der Waals surface area contributed by atoms with Gasteiger partial charge in [-0.05, 0) is 12.1 Å². The van der Waals surface area contributed by atoms with Crippen LogP contribution in [0.15, 0.2) is 41.7 Å². The molecule has 0 bridgehead atoms. The summed E-state index contributed by atoms with van der Waals surface area (Å²) in [6.07, 6.45) is 0.0790. The van der Waals surface area contributed by atoms with Crippen molar-refractivity contribution in [2.75, 3.05) is 12.4 Å². The fourth-order valence-corrected chi connectivity index (χ4v) is 3.19. The molecule has 0 unspecified atom stereocenters. The Labute approximate surface area is 173 Å². The molecule has 0 aromatic carbocycles. The molecule has 0 aliphatic rings. The molecule has 9 nitrogen and oxygen atoms in total. The highest BCUT2D eigenvalue weighted by molar-refractivity contribution is 7.91. The van der Waals surface area contributed by atoms with E-state index in [9.17, 15) is 26.0 Å². The number of ether oxygens (including phenoxy) is 1. The highest BCUT2D eigenvalue weighted by Crippen LogP contribution is 2.27. The Balaban J connectivity index is 1.98. The van der Waals surface area contributed by atoms with Gasteiger partial charge < -0.3 is 4.74 Å². The van der Waals surface area contributed by atoms with Gasteiger partial charge in [-0.1, -0.05) is 6.92 Å². The Hall–Kier alpha value is -3.29. The van der Waals surface area contributed by atoms with Crippen LogP contribution in [0.4, 0.5) is 17.6 Å². The smallest absolute Gasteiger partial charge is 0.340 e. The normalized spacial score (nSPS) is 12.2. The number of hydrogen-bond donors (Lipinski definition) is 0. The van der Waals surface area contributed by atoms with Crippen LogP contribution in [0.25, 0.3) is 23.0 Å². The third-order valence-corrected chi connectivity index (χ3v) is 5.58. The van der Waals surface area contributed by atoms with E-state index < -0.39 is 34.7 Å². The first-order valence-electron chi connectivity index (χ1n) is 8.64. The zero-order valence-electron chi connectivity index (χ0n) is 15.8. The van der Waals surface area contributed by atoms with Crippen molar-refractivity contribution in [2.45, 2.75) is 24.2 Å². The summed E-state index contributed by atoms with van der Waals surface area (Å²) in [6.45, 7) is -0.170. The summed E-state index contributed by atoms with van der Waals surface area (Å²) in [5, 5.41) is 7.27. The second-order valence-corrected chi connectivity index (χ2v) is 8.24. The maximum absolute atomic E-state index is 13.0. The van der Waals surface area contributed by atoms with Crippen LogP contribution in [-0.2, 0) is 9.84 Å². The van der Waals surface area contributed by atoms with Crippen LogP contribution < -0.4 is 4.74 Å². The molecule has 0 N–H and O–H groups in total. The zero-order chi connectivity index (χ0) is 22.6. The maximum Gasteiger partial charge on any atom is 0.340 e. The molecule has 31 heavy (non-hydrogen) atoms. The van der Waals surface area contributed by atoms with E-state index >= 15 is 0 Å². The highest BCUT2D eigenvalue weighted by Gasteiger charge is 2.41. The topological polar surface area (TPSA) is 121 Å². The van der Waals surface area contributed by atoms with Crippen molar-refractivity contribution < 1.29 is 30.7 Å². The molecule has 0 atom stereocenters. The number of sulfone groups is 1. The lowest BCUT2D eigenvalue weighted by Gasteiger charge is -2.15. The fourth-order valence-electron chi connectivity index (χ4n) is 2.22. The summed E-state index contributed by atoms with van der Waals surface area (Å²) >= 11 is 0.